The highest BCUT2D eigenvalue weighted by atomic mass is 15.2. The second-order valence-corrected chi connectivity index (χ2v) is 8.86. The van der Waals surface area contributed by atoms with Gasteiger partial charge in [-0.05, 0) is 50.5 Å². The average molecular weight is 372 g/mol. The van der Waals surface area contributed by atoms with E-state index in [0.29, 0.717) is 6.04 Å². The monoisotopic (exact) mass is 371 g/mol. The first kappa shape index (κ1) is 19.0. The minimum Gasteiger partial charge on any atom is -0.356 e. The van der Waals surface area contributed by atoms with Gasteiger partial charge in [-0.3, -0.25) is 0 Å². The predicted molar refractivity (Wildman–Crippen MR) is 112 cm³/mol. The number of aromatic nitrogens is 2. The van der Waals surface area contributed by atoms with E-state index in [4.69, 9.17) is 4.98 Å². The van der Waals surface area contributed by atoms with Gasteiger partial charge in [0.15, 0.2) is 0 Å². The van der Waals surface area contributed by atoms with Crippen LogP contribution in [-0.2, 0) is 0 Å². The molecule has 1 aromatic rings. The molecule has 3 fully saturated rings. The normalized spacial score (nSPS) is 23.9. The van der Waals surface area contributed by atoms with Gasteiger partial charge in [-0.15, -0.1) is 0 Å². The quantitative estimate of drug-likeness (QED) is 0.835. The maximum absolute atomic E-state index is 4.83. The molecule has 5 nitrogen and oxygen atoms in total. The Hall–Kier alpha value is -1.36. The number of anilines is 2. The molecule has 1 saturated carbocycles. The molecule has 0 amide bonds. The predicted octanol–water partition coefficient (Wildman–Crippen LogP) is 4.31. The molecule has 3 aliphatic rings. The van der Waals surface area contributed by atoms with Gasteiger partial charge in [0.1, 0.15) is 5.82 Å². The molecule has 0 spiro atoms. The van der Waals surface area contributed by atoms with Crippen molar-refractivity contribution in [3.63, 3.8) is 0 Å². The standard InChI is InChI=1S/C22H37N5/c1-2-7-15-27(14-6-1)21-10-13-23-22(25-21)24-20-11-16-26(17-12-20)18-19-8-4-3-5-9-19/h10,13,19-20H,1-9,11-12,14-18H2,(H,23,24,25). The number of hydrogen-bond donors (Lipinski definition) is 1. The molecule has 4 rings (SSSR count). The third kappa shape index (κ3) is 5.56. The van der Waals surface area contributed by atoms with Gasteiger partial charge >= 0.3 is 0 Å². The van der Waals surface area contributed by atoms with Crippen LogP contribution in [0.15, 0.2) is 12.3 Å². The molecule has 2 aliphatic heterocycles. The fourth-order valence-electron chi connectivity index (χ4n) is 5.07. The Kier molecular flexibility index (Phi) is 6.83. The zero-order valence-corrected chi connectivity index (χ0v) is 16.9. The van der Waals surface area contributed by atoms with E-state index in [1.54, 1.807) is 0 Å². The number of nitrogens with zero attached hydrogens (tertiary/aromatic N) is 4. The zero-order chi connectivity index (χ0) is 18.3. The van der Waals surface area contributed by atoms with E-state index in [1.165, 1.54) is 90.3 Å². The molecule has 0 radical (unpaired) electrons. The van der Waals surface area contributed by atoms with Crippen molar-refractivity contribution in [1.29, 1.82) is 0 Å². The van der Waals surface area contributed by atoms with Crippen LogP contribution in [0.2, 0.25) is 0 Å². The summed E-state index contributed by atoms with van der Waals surface area (Å²) in [6.45, 7) is 6.04. The van der Waals surface area contributed by atoms with Crippen LogP contribution in [0.5, 0.6) is 0 Å². The topological polar surface area (TPSA) is 44.3 Å². The molecule has 1 aromatic heterocycles. The lowest BCUT2D eigenvalue weighted by Gasteiger charge is -2.35. The summed E-state index contributed by atoms with van der Waals surface area (Å²) in [4.78, 5) is 14.5. The molecule has 0 aromatic carbocycles. The molecule has 0 unspecified atom stereocenters. The SMILES string of the molecule is c1cc(N2CCCCCC2)nc(NC2CCN(CC3CCCCC3)CC2)n1. The lowest BCUT2D eigenvalue weighted by atomic mass is 9.88. The molecular formula is C22H37N5. The Morgan fingerprint density at radius 2 is 1.56 bits per heavy atom. The first-order valence-corrected chi connectivity index (χ1v) is 11.4. The van der Waals surface area contributed by atoms with Crippen LogP contribution in [0, 0.1) is 5.92 Å². The van der Waals surface area contributed by atoms with Gasteiger partial charge in [-0.1, -0.05) is 32.1 Å². The highest BCUT2D eigenvalue weighted by molar-refractivity contribution is 5.43. The first-order valence-electron chi connectivity index (χ1n) is 11.4. The van der Waals surface area contributed by atoms with Crippen molar-refractivity contribution in [2.75, 3.05) is 42.9 Å². The Labute approximate surface area is 164 Å². The van der Waals surface area contributed by atoms with Gasteiger partial charge in [0, 0.05) is 45.0 Å². The minimum atomic E-state index is 0.520. The lowest BCUT2D eigenvalue weighted by molar-refractivity contribution is 0.168. The number of nitrogens with one attached hydrogen (secondary N) is 1. The zero-order valence-electron chi connectivity index (χ0n) is 16.9. The van der Waals surface area contributed by atoms with E-state index >= 15 is 0 Å². The molecule has 0 atom stereocenters. The molecule has 1 aliphatic carbocycles. The molecular weight excluding hydrogens is 334 g/mol. The highest BCUT2D eigenvalue weighted by Crippen LogP contribution is 2.26. The van der Waals surface area contributed by atoms with Crippen molar-refractivity contribution >= 4 is 11.8 Å². The van der Waals surface area contributed by atoms with Crippen molar-refractivity contribution in [2.45, 2.75) is 76.7 Å². The Morgan fingerprint density at radius 1 is 0.852 bits per heavy atom. The summed E-state index contributed by atoms with van der Waals surface area (Å²) in [5.41, 5.74) is 0. The van der Waals surface area contributed by atoms with Gasteiger partial charge in [0.05, 0.1) is 0 Å². The highest BCUT2D eigenvalue weighted by Gasteiger charge is 2.23. The Bertz CT molecular complexity index is 556. The van der Waals surface area contributed by atoms with Gasteiger partial charge in [0.25, 0.3) is 0 Å². The van der Waals surface area contributed by atoms with E-state index < -0.39 is 0 Å². The van der Waals surface area contributed by atoms with E-state index in [1.807, 2.05) is 6.20 Å². The Balaban J connectivity index is 1.25. The number of hydrogen-bond acceptors (Lipinski definition) is 5. The van der Waals surface area contributed by atoms with Crippen molar-refractivity contribution in [3.8, 4) is 0 Å². The summed E-state index contributed by atoms with van der Waals surface area (Å²) in [6.07, 6.45) is 16.9. The first-order chi connectivity index (χ1) is 13.4. The second-order valence-electron chi connectivity index (χ2n) is 8.86. The van der Waals surface area contributed by atoms with E-state index in [0.717, 1.165) is 30.8 Å². The van der Waals surface area contributed by atoms with Crippen LogP contribution in [0.3, 0.4) is 0 Å². The summed E-state index contributed by atoms with van der Waals surface area (Å²) < 4.78 is 0. The van der Waals surface area contributed by atoms with Crippen molar-refractivity contribution < 1.29 is 0 Å². The van der Waals surface area contributed by atoms with Gasteiger partial charge in [-0.25, -0.2) is 4.98 Å². The van der Waals surface area contributed by atoms with Crippen LogP contribution in [0.1, 0.15) is 70.6 Å². The summed E-state index contributed by atoms with van der Waals surface area (Å²) in [7, 11) is 0. The molecule has 150 valence electrons. The largest absolute Gasteiger partial charge is 0.356 e. The number of piperidine rings is 1. The van der Waals surface area contributed by atoms with Gasteiger partial charge < -0.3 is 15.1 Å². The molecule has 1 N–H and O–H groups in total. The van der Waals surface area contributed by atoms with E-state index in [9.17, 15) is 0 Å². The van der Waals surface area contributed by atoms with Gasteiger partial charge in [0.2, 0.25) is 5.95 Å². The van der Waals surface area contributed by atoms with Crippen molar-refractivity contribution in [2.24, 2.45) is 5.92 Å². The van der Waals surface area contributed by atoms with Crippen LogP contribution >= 0.6 is 0 Å². The summed E-state index contributed by atoms with van der Waals surface area (Å²) >= 11 is 0. The van der Waals surface area contributed by atoms with Crippen LogP contribution in [0.4, 0.5) is 11.8 Å². The van der Waals surface area contributed by atoms with Gasteiger partial charge in [-0.2, -0.15) is 4.98 Å². The van der Waals surface area contributed by atoms with Crippen molar-refractivity contribution in [3.05, 3.63) is 12.3 Å². The lowest BCUT2D eigenvalue weighted by Crippen LogP contribution is -2.41. The fourth-order valence-corrected chi connectivity index (χ4v) is 5.07. The third-order valence-corrected chi connectivity index (χ3v) is 6.73. The Morgan fingerprint density at radius 3 is 2.30 bits per heavy atom. The van der Waals surface area contributed by atoms with Crippen LogP contribution < -0.4 is 10.2 Å². The van der Waals surface area contributed by atoms with Crippen LogP contribution in [-0.4, -0.2) is 53.6 Å². The summed E-state index contributed by atoms with van der Waals surface area (Å²) in [5.74, 6) is 2.88. The van der Waals surface area contributed by atoms with Crippen molar-refractivity contribution in [1.82, 2.24) is 14.9 Å². The number of rotatable bonds is 5. The fraction of sp³-hybridized carbons (Fsp3) is 0.818. The summed E-state index contributed by atoms with van der Waals surface area (Å²) in [6, 6.07) is 2.59. The maximum Gasteiger partial charge on any atom is 0.224 e. The smallest absolute Gasteiger partial charge is 0.224 e. The summed E-state index contributed by atoms with van der Waals surface area (Å²) in [5, 5.41) is 3.62. The third-order valence-electron chi connectivity index (χ3n) is 6.73. The maximum atomic E-state index is 4.83. The second kappa shape index (κ2) is 9.72. The minimum absolute atomic E-state index is 0.520. The average Bonchev–Trinajstić information content (AvgIpc) is 3.00. The molecule has 0 bridgehead atoms. The molecule has 27 heavy (non-hydrogen) atoms. The van der Waals surface area contributed by atoms with E-state index in [2.05, 4.69) is 26.2 Å². The van der Waals surface area contributed by atoms with E-state index in [-0.39, 0.29) is 0 Å². The number of likely N-dealkylation sites (tertiary alicyclic amines) is 1. The molecule has 3 heterocycles. The molecule has 5 heteroatoms. The van der Waals surface area contributed by atoms with Crippen LogP contribution in [0.25, 0.3) is 0 Å². The molecule has 2 saturated heterocycles.